The van der Waals surface area contributed by atoms with Crippen molar-refractivity contribution >= 4 is 33.1 Å². The molecule has 2 aromatic carbocycles. The Morgan fingerprint density at radius 1 is 1.00 bits per heavy atom. The number of hydrogen-bond acceptors (Lipinski definition) is 5. The second-order valence-electron chi connectivity index (χ2n) is 5.28. The molecule has 0 heterocycles. The number of carbonyl (C=O) groups excluding carboxylic acids is 2. The molecule has 0 saturated carbocycles. The molecular weight excluding hydrogens is 344 g/mol. The van der Waals surface area contributed by atoms with Gasteiger partial charge in [-0.2, -0.15) is 0 Å². The maximum Gasteiger partial charge on any atom is 0.261 e. The Morgan fingerprint density at radius 2 is 1.64 bits per heavy atom. The van der Waals surface area contributed by atoms with Crippen LogP contribution in [0.4, 0.5) is 11.4 Å². The topological polar surface area (TPSA) is 102 Å². The van der Waals surface area contributed by atoms with E-state index >= 15 is 0 Å². The summed E-state index contributed by atoms with van der Waals surface area (Å²) >= 11 is 0. The molecule has 0 aromatic heterocycles. The largest absolute Gasteiger partial charge is 0.494 e. The van der Waals surface area contributed by atoms with E-state index in [9.17, 15) is 18.0 Å². The van der Waals surface area contributed by atoms with Crippen LogP contribution in [0.3, 0.4) is 0 Å². The number of anilines is 2. The molecule has 0 bridgehead atoms. The van der Waals surface area contributed by atoms with Crippen LogP contribution < -0.4 is 14.8 Å². The number of rotatable bonds is 6. The highest BCUT2D eigenvalue weighted by atomic mass is 32.2. The minimum Gasteiger partial charge on any atom is -0.494 e. The van der Waals surface area contributed by atoms with Crippen molar-refractivity contribution in [2.24, 2.45) is 0 Å². The van der Waals surface area contributed by atoms with Gasteiger partial charge in [-0.25, -0.2) is 8.42 Å². The van der Waals surface area contributed by atoms with E-state index in [0.29, 0.717) is 17.0 Å². The third-order valence-corrected chi connectivity index (χ3v) is 4.73. The van der Waals surface area contributed by atoms with Crippen molar-refractivity contribution in [2.75, 3.05) is 17.1 Å². The van der Waals surface area contributed by atoms with Gasteiger partial charge in [0, 0.05) is 18.6 Å². The first-order valence-corrected chi connectivity index (χ1v) is 8.80. The number of amides is 1. The molecule has 0 fully saturated rings. The molecule has 0 atom stereocenters. The summed E-state index contributed by atoms with van der Waals surface area (Å²) < 4.78 is 32.5. The summed E-state index contributed by atoms with van der Waals surface area (Å²) in [6.07, 6.45) is 0. The first-order valence-electron chi connectivity index (χ1n) is 7.32. The molecule has 2 rings (SSSR count). The number of carbonyl (C=O) groups is 2. The summed E-state index contributed by atoms with van der Waals surface area (Å²) in [6, 6.07) is 10.2. The van der Waals surface area contributed by atoms with Crippen molar-refractivity contribution in [3.63, 3.8) is 0 Å². The van der Waals surface area contributed by atoms with E-state index in [4.69, 9.17) is 4.74 Å². The summed E-state index contributed by atoms with van der Waals surface area (Å²) in [5, 5.41) is 2.59. The number of ketones is 1. The third-order valence-electron chi connectivity index (χ3n) is 3.34. The van der Waals surface area contributed by atoms with Crippen LogP contribution in [0.5, 0.6) is 5.75 Å². The molecule has 0 radical (unpaired) electrons. The third kappa shape index (κ3) is 4.57. The van der Waals surface area contributed by atoms with Crippen molar-refractivity contribution in [3.8, 4) is 5.75 Å². The molecule has 132 valence electrons. The van der Waals surface area contributed by atoms with Crippen molar-refractivity contribution < 1.29 is 22.7 Å². The minimum atomic E-state index is -3.82. The Hall–Kier alpha value is -2.87. The van der Waals surface area contributed by atoms with E-state index < -0.39 is 10.0 Å². The average molecular weight is 362 g/mol. The monoisotopic (exact) mass is 362 g/mol. The van der Waals surface area contributed by atoms with E-state index in [1.54, 1.807) is 0 Å². The molecule has 0 aliphatic carbocycles. The fourth-order valence-corrected chi connectivity index (χ4v) is 3.18. The molecule has 0 unspecified atom stereocenters. The highest BCUT2D eigenvalue weighted by Crippen LogP contribution is 2.29. The van der Waals surface area contributed by atoms with Crippen LogP contribution in [-0.2, 0) is 14.8 Å². The van der Waals surface area contributed by atoms with Gasteiger partial charge in [-0.3, -0.25) is 14.3 Å². The summed E-state index contributed by atoms with van der Waals surface area (Å²) in [5.41, 5.74) is 1.14. The lowest BCUT2D eigenvalue weighted by Crippen LogP contribution is -2.13. The van der Waals surface area contributed by atoms with Crippen LogP contribution in [-0.4, -0.2) is 27.2 Å². The number of nitrogens with one attached hydrogen (secondary N) is 2. The fraction of sp³-hybridized carbons (Fsp3) is 0.176. The zero-order valence-electron chi connectivity index (χ0n) is 14.0. The number of benzene rings is 2. The Balaban J connectivity index is 2.28. The fourth-order valence-electron chi connectivity index (χ4n) is 2.13. The average Bonchev–Trinajstić information content (AvgIpc) is 2.55. The van der Waals surface area contributed by atoms with E-state index in [0.717, 1.165) is 0 Å². The van der Waals surface area contributed by atoms with Crippen LogP contribution in [0, 0.1) is 0 Å². The predicted octanol–water partition coefficient (Wildman–Crippen LogP) is 2.66. The van der Waals surface area contributed by atoms with E-state index in [1.165, 1.54) is 63.4 Å². The Labute approximate surface area is 146 Å². The van der Waals surface area contributed by atoms with Crippen LogP contribution >= 0.6 is 0 Å². The Kier molecular flexibility index (Phi) is 5.43. The van der Waals surface area contributed by atoms with Crippen molar-refractivity contribution in [1.29, 1.82) is 0 Å². The van der Waals surface area contributed by atoms with Crippen LogP contribution in [0.2, 0.25) is 0 Å². The van der Waals surface area contributed by atoms with Gasteiger partial charge in [0.15, 0.2) is 5.78 Å². The summed E-state index contributed by atoms with van der Waals surface area (Å²) in [6.45, 7) is 2.77. The quantitative estimate of drug-likeness (QED) is 0.769. The second kappa shape index (κ2) is 7.35. The molecule has 1 amide bonds. The van der Waals surface area contributed by atoms with Crippen molar-refractivity contribution in [3.05, 3.63) is 48.0 Å². The van der Waals surface area contributed by atoms with Gasteiger partial charge in [0.05, 0.1) is 23.4 Å². The second-order valence-corrected chi connectivity index (χ2v) is 6.96. The maximum atomic E-state index is 12.4. The number of ether oxygens (including phenoxy) is 1. The lowest BCUT2D eigenvalue weighted by atomic mass is 10.2. The summed E-state index contributed by atoms with van der Waals surface area (Å²) in [4.78, 5) is 22.5. The minimum absolute atomic E-state index is 0.0300. The zero-order chi connectivity index (χ0) is 18.6. The van der Waals surface area contributed by atoms with Crippen LogP contribution in [0.15, 0.2) is 47.4 Å². The van der Waals surface area contributed by atoms with Gasteiger partial charge in [-0.05, 0) is 31.2 Å². The Morgan fingerprint density at radius 3 is 2.16 bits per heavy atom. The van der Waals surface area contributed by atoms with Crippen LogP contribution in [0.25, 0.3) is 0 Å². The van der Waals surface area contributed by atoms with Crippen LogP contribution in [0.1, 0.15) is 24.2 Å². The molecule has 0 aliphatic rings. The van der Waals surface area contributed by atoms with Gasteiger partial charge >= 0.3 is 0 Å². The Bertz CT molecular complexity index is 905. The van der Waals surface area contributed by atoms with Gasteiger partial charge in [-0.15, -0.1) is 0 Å². The molecule has 2 aromatic rings. The van der Waals surface area contributed by atoms with Crippen molar-refractivity contribution in [1.82, 2.24) is 0 Å². The molecule has 7 nitrogen and oxygen atoms in total. The van der Waals surface area contributed by atoms with Gasteiger partial charge < -0.3 is 10.1 Å². The summed E-state index contributed by atoms with van der Waals surface area (Å²) in [7, 11) is -2.40. The predicted molar refractivity (Wildman–Crippen MR) is 94.6 cm³/mol. The number of Topliss-reactive ketones (excluding diaryl/α,β-unsaturated/α-hetero) is 1. The van der Waals surface area contributed by atoms with E-state index in [-0.39, 0.29) is 22.3 Å². The number of hydrogen-bond donors (Lipinski definition) is 2. The molecule has 8 heteroatoms. The van der Waals surface area contributed by atoms with Gasteiger partial charge in [0.25, 0.3) is 10.0 Å². The first kappa shape index (κ1) is 18.5. The molecule has 25 heavy (non-hydrogen) atoms. The maximum absolute atomic E-state index is 12.4. The van der Waals surface area contributed by atoms with E-state index in [2.05, 4.69) is 10.0 Å². The SMILES string of the molecule is COc1cc(NS(=O)(=O)c2ccc(C(C)=O)cc2)ccc1NC(C)=O. The highest BCUT2D eigenvalue weighted by Gasteiger charge is 2.16. The van der Waals surface area contributed by atoms with Gasteiger partial charge in [0.1, 0.15) is 5.75 Å². The lowest BCUT2D eigenvalue weighted by Gasteiger charge is -2.13. The molecule has 0 aliphatic heterocycles. The highest BCUT2D eigenvalue weighted by molar-refractivity contribution is 7.92. The smallest absolute Gasteiger partial charge is 0.261 e. The summed E-state index contributed by atoms with van der Waals surface area (Å²) in [5.74, 6) is -0.0882. The normalized spacial score (nSPS) is 10.8. The number of sulfonamides is 1. The molecular formula is C17H18N2O5S. The molecule has 0 saturated heterocycles. The number of methoxy groups -OCH3 is 1. The van der Waals surface area contributed by atoms with E-state index in [1.807, 2.05) is 0 Å². The molecule has 0 spiro atoms. The van der Waals surface area contributed by atoms with Gasteiger partial charge in [0.2, 0.25) is 5.91 Å². The zero-order valence-corrected chi connectivity index (χ0v) is 14.8. The van der Waals surface area contributed by atoms with Crippen molar-refractivity contribution in [2.45, 2.75) is 18.7 Å². The standard InChI is InChI=1S/C17H18N2O5S/c1-11(20)13-4-7-15(8-5-13)25(22,23)19-14-6-9-16(18-12(2)21)17(10-14)24-3/h4-10,19H,1-3H3,(H,18,21). The first-order chi connectivity index (χ1) is 11.7. The van der Waals surface area contributed by atoms with Gasteiger partial charge in [-0.1, -0.05) is 12.1 Å². The molecule has 2 N–H and O–H groups in total. The lowest BCUT2D eigenvalue weighted by molar-refractivity contribution is -0.114.